The average Bonchev–Trinajstić information content (AvgIpc) is 3.07. The van der Waals surface area contributed by atoms with Crippen LogP contribution >= 0.6 is 28.3 Å². The first-order chi connectivity index (χ1) is 11.5. The number of benzene rings is 1. The van der Waals surface area contributed by atoms with E-state index in [-0.39, 0.29) is 42.3 Å². The Kier molecular flexibility index (Phi) is 7.28. The van der Waals surface area contributed by atoms with E-state index in [1.807, 2.05) is 12.1 Å². The fourth-order valence-electron chi connectivity index (χ4n) is 3.60. The molecular weight excluding hydrogens is 406 g/mol. The highest BCUT2D eigenvalue weighted by Gasteiger charge is 2.35. The van der Waals surface area contributed by atoms with Crippen molar-refractivity contribution in [2.45, 2.75) is 56.7 Å². The summed E-state index contributed by atoms with van der Waals surface area (Å²) in [4.78, 5) is 27.1. The number of nitrogens with two attached hydrogens (primary N) is 1. The van der Waals surface area contributed by atoms with Crippen LogP contribution in [0.2, 0.25) is 0 Å². The minimum Gasteiger partial charge on any atom is -0.352 e. The summed E-state index contributed by atoms with van der Waals surface area (Å²) in [7, 11) is 0. The van der Waals surface area contributed by atoms with Gasteiger partial charge in [-0.1, -0.05) is 15.9 Å². The zero-order valence-corrected chi connectivity index (χ0v) is 16.5. The van der Waals surface area contributed by atoms with Crippen LogP contribution in [0.4, 0.5) is 0 Å². The van der Waals surface area contributed by atoms with Crippen molar-refractivity contribution in [1.29, 1.82) is 0 Å². The standard InChI is InChI=1S/C18H24BrN3O2.ClH/c19-13-5-3-12(4-6-13)18(24)22-11-1-2-16(22)17(23)21-15-9-7-14(20)8-10-15;/h3-6,14-16H,1-2,7-11,20H2,(H,21,23);1H. The third kappa shape index (κ3) is 4.96. The predicted molar refractivity (Wildman–Crippen MR) is 104 cm³/mol. The van der Waals surface area contributed by atoms with Crippen LogP contribution in [0.15, 0.2) is 28.7 Å². The Morgan fingerprint density at radius 1 is 1.08 bits per heavy atom. The fraction of sp³-hybridized carbons (Fsp3) is 0.556. The summed E-state index contributed by atoms with van der Waals surface area (Å²) in [5.41, 5.74) is 6.54. The topological polar surface area (TPSA) is 75.4 Å². The zero-order chi connectivity index (χ0) is 17.1. The molecule has 1 aliphatic carbocycles. The van der Waals surface area contributed by atoms with E-state index in [4.69, 9.17) is 5.73 Å². The molecule has 2 aliphatic rings. The molecule has 1 aromatic carbocycles. The lowest BCUT2D eigenvalue weighted by atomic mass is 9.91. The SMILES string of the molecule is Cl.NC1CCC(NC(=O)C2CCCN2C(=O)c2ccc(Br)cc2)CC1. The Morgan fingerprint density at radius 3 is 2.36 bits per heavy atom. The van der Waals surface area contributed by atoms with Crippen molar-refractivity contribution < 1.29 is 9.59 Å². The van der Waals surface area contributed by atoms with Gasteiger partial charge in [-0.05, 0) is 62.8 Å². The number of nitrogens with zero attached hydrogens (tertiary/aromatic N) is 1. The minimum atomic E-state index is -0.350. The van der Waals surface area contributed by atoms with Gasteiger partial charge >= 0.3 is 0 Å². The third-order valence-corrected chi connectivity index (χ3v) is 5.55. The summed E-state index contributed by atoms with van der Waals surface area (Å²) in [6.45, 7) is 0.641. The molecule has 25 heavy (non-hydrogen) atoms. The van der Waals surface area contributed by atoms with Crippen LogP contribution in [0.3, 0.4) is 0 Å². The van der Waals surface area contributed by atoms with Crippen LogP contribution in [-0.2, 0) is 4.79 Å². The van der Waals surface area contributed by atoms with E-state index in [9.17, 15) is 9.59 Å². The summed E-state index contributed by atoms with van der Waals surface area (Å²) >= 11 is 3.37. The number of hydrogen-bond donors (Lipinski definition) is 2. The minimum absolute atomic E-state index is 0. The highest BCUT2D eigenvalue weighted by Crippen LogP contribution is 2.23. The van der Waals surface area contributed by atoms with E-state index in [1.54, 1.807) is 17.0 Å². The Balaban J connectivity index is 0.00000225. The summed E-state index contributed by atoms with van der Waals surface area (Å²) in [5, 5.41) is 3.13. The molecule has 0 bridgehead atoms. The van der Waals surface area contributed by atoms with E-state index >= 15 is 0 Å². The molecule has 2 fully saturated rings. The van der Waals surface area contributed by atoms with Crippen LogP contribution in [0.1, 0.15) is 48.9 Å². The first-order valence-corrected chi connectivity index (χ1v) is 9.46. The summed E-state index contributed by atoms with van der Waals surface area (Å²) in [5.74, 6) is -0.0794. The molecule has 1 saturated carbocycles. The van der Waals surface area contributed by atoms with E-state index in [2.05, 4.69) is 21.2 Å². The lowest BCUT2D eigenvalue weighted by Gasteiger charge is -2.30. The number of likely N-dealkylation sites (tertiary alicyclic amines) is 1. The predicted octanol–water partition coefficient (Wildman–Crippen LogP) is 2.86. The van der Waals surface area contributed by atoms with Crippen molar-refractivity contribution in [2.75, 3.05) is 6.54 Å². The van der Waals surface area contributed by atoms with Gasteiger partial charge < -0.3 is 16.0 Å². The second-order valence-corrected chi connectivity index (χ2v) is 7.70. The third-order valence-electron chi connectivity index (χ3n) is 5.03. The van der Waals surface area contributed by atoms with Gasteiger partial charge in [0, 0.05) is 28.7 Å². The van der Waals surface area contributed by atoms with Crippen LogP contribution in [0.5, 0.6) is 0 Å². The molecule has 138 valence electrons. The van der Waals surface area contributed by atoms with Gasteiger partial charge in [-0.3, -0.25) is 9.59 Å². The van der Waals surface area contributed by atoms with Gasteiger partial charge in [-0.25, -0.2) is 0 Å². The number of carbonyl (C=O) groups excluding carboxylic acids is 2. The molecule has 7 heteroatoms. The second-order valence-electron chi connectivity index (χ2n) is 6.78. The van der Waals surface area contributed by atoms with Gasteiger partial charge in [0.05, 0.1) is 0 Å². The first kappa shape index (κ1) is 20.2. The summed E-state index contributed by atoms with van der Waals surface area (Å²) in [6.07, 6.45) is 5.38. The van der Waals surface area contributed by atoms with Crippen molar-refractivity contribution in [3.8, 4) is 0 Å². The quantitative estimate of drug-likeness (QED) is 0.774. The highest BCUT2D eigenvalue weighted by atomic mass is 79.9. The molecule has 1 unspecified atom stereocenters. The molecule has 3 N–H and O–H groups in total. The summed E-state index contributed by atoms with van der Waals surface area (Å²) < 4.78 is 0.935. The maximum atomic E-state index is 12.7. The molecule has 5 nitrogen and oxygen atoms in total. The Labute approximate surface area is 163 Å². The molecule has 1 atom stereocenters. The molecule has 2 amide bonds. The maximum absolute atomic E-state index is 12.7. The number of amides is 2. The molecule has 0 radical (unpaired) electrons. The van der Waals surface area contributed by atoms with E-state index < -0.39 is 0 Å². The molecule has 0 aromatic heterocycles. The van der Waals surface area contributed by atoms with Crippen LogP contribution in [-0.4, -0.2) is 41.4 Å². The Hall–Kier alpha value is -1.11. The van der Waals surface area contributed by atoms with Crippen molar-refractivity contribution in [3.05, 3.63) is 34.3 Å². The van der Waals surface area contributed by atoms with E-state index in [0.29, 0.717) is 12.1 Å². The molecule has 1 aromatic rings. The van der Waals surface area contributed by atoms with Crippen LogP contribution < -0.4 is 11.1 Å². The molecule has 3 rings (SSSR count). The van der Waals surface area contributed by atoms with Gasteiger partial charge in [-0.15, -0.1) is 12.4 Å². The van der Waals surface area contributed by atoms with Crippen LogP contribution in [0, 0.1) is 0 Å². The van der Waals surface area contributed by atoms with Crippen molar-refractivity contribution in [2.24, 2.45) is 5.73 Å². The Morgan fingerprint density at radius 2 is 1.72 bits per heavy atom. The largest absolute Gasteiger partial charge is 0.352 e. The lowest BCUT2D eigenvalue weighted by molar-refractivity contribution is -0.125. The van der Waals surface area contributed by atoms with Gasteiger partial charge in [0.2, 0.25) is 5.91 Å². The number of nitrogens with one attached hydrogen (secondary N) is 1. The normalized spacial score (nSPS) is 26.0. The van der Waals surface area contributed by atoms with Gasteiger partial charge in [0.25, 0.3) is 5.91 Å². The number of rotatable bonds is 3. The Bertz CT molecular complexity index is 603. The molecule has 0 spiro atoms. The molecule has 1 heterocycles. The van der Waals surface area contributed by atoms with Gasteiger partial charge in [-0.2, -0.15) is 0 Å². The van der Waals surface area contributed by atoms with E-state index in [0.717, 1.165) is 43.0 Å². The second kappa shape index (κ2) is 9.01. The maximum Gasteiger partial charge on any atom is 0.254 e. The summed E-state index contributed by atoms with van der Waals surface area (Å²) in [6, 6.07) is 7.40. The number of halogens is 2. The monoisotopic (exact) mass is 429 g/mol. The van der Waals surface area contributed by atoms with Crippen molar-refractivity contribution >= 4 is 40.2 Å². The smallest absolute Gasteiger partial charge is 0.254 e. The molecular formula is C18H25BrClN3O2. The highest BCUT2D eigenvalue weighted by molar-refractivity contribution is 9.10. The fourth-order valence-corrected chi connectivity index (χ4v) is 3.87. The first-order valence-electron chi connectivity index (χ1n) is 8.67. The van der Waals surface area contributed by atoms with Gasteiger partial charge in [0.1, 0.15) is 6.04 Å². The van der Waals surface area contributed by atoms with Crippen molar-refractivity contribution in [1.82, 2.24) is 10.2 Å². The molecule has 1 saturated heterocycles. The zero-order valence-electron chi connectivity index (χ0n) is 14.1. The number of carbonyl (C=O) groups is 2. The van der Waals surface area contributed by atoms with Crippen LogP contribution in [0.25, 0.3) is 0 Å². The average molecular weight is 431 g/mol. The molecule has 1 aliphatic heterocycles. The lowest BCUT2D eigenvalue weighted by Crippen LogP contribution is -2.50. The van der Waals surface area contributed by atoms with Gasteiger partial charge in [0.15, 0.2) is 0 Å². The van der Waals surface area contributed by atoms with Crippen molar-refractivity contribution in [3.63, 3.8) is 0 Å². The number of hydrogen-bond acceptors (Lipinski definition) is 3. The van der Waals surface area contributed by atoms with E-state index in [1.165, 1.54) is 0 Å².